The van der Waals surface area contributed by atoms with Crippen molar-refractivity contribution in [1.82, 2.24) is 0 Å². The SMILES string of the molecule is CC(=O)c1ccc(OCc2cccc(C(=O)O)c2)cc1[N+](=O)[O-]. The Hall–Kier alpha value is -3.22. The molecule has 0 aliphatic rings. The predicted molar refractivity (Wildman–Crippen MR) is 80.8 cm³/mol. The fraction of sp³-hybridized carbons (Fsp3) is 0.125. The van der Waals surface area contributed by atoms with Crippen LogP contribution in [0.25, 0.3) is 0 Å². The normalized spacial score (nSPS) is 10.1. The summed E-state index contributed by atoms with van der Waals surface area (Å²) in [6.07, 6.45) is 0. The molecule has 0 unspecified atom stereocenters. The maximum atomic E-state index is 11.4. The Labute approximate surface area is 131 Å². The average molecular weight is 315 g/mol. The van der Waals surface area contributed by atoms with Crippen LogP contribution in [-0.4, -0.2) is 21.8 Å². The second-order valence-corrected chi connectivity index (χ2v) is 4.79. The zero-order valence-electron chi connectivity index (χ0n) is 12.2. The maximum absolute atomic E-state index is 11.4. The summed E-state index contributed by atoms with van der Waals surface area (Å²) in [6, 6.07) is 10.2. The van der Waals surface area contributed by atoms with Gasteiger partial charge in [-0.25, -0.2) is 4.79 Å². The number of nitro benzene ring substituents is 1. The van der Waals surface area contributed by atoms with Crippen LogP contribution in [0.15, 0.2) is 42.5 Å². The summed E-state index contributed by atoms with van der Waals surface area (Å²) < 4.78 is 5.44. The van der Waals surface area contributed by atoms with Crippen molar-refractivity contribution in [3.63, 3.8) is 0 Å². The molecule has 7 nitrogen and oxygen atoms in total. The number of ketones is 1. The number of carboxylic acids is 1. The van der Waals surface area contributed by atoms with Gasteiger partial charge in [0.25, 0.3) is 5.69 Å². The van der Waals surface area contributed by atoms with Crippen LogP contribution in [0.4, 0.5) is 5.69 Å². The van der Waals surface area contributed by atoms with Gasteiger partial charge in [0.1, 0.15) is 12.4 Å². The molecule has 2 rings (SSSR count). The third-order valence-electron chi connectivity index (χ3n) is 3.12. The van der Waals surface area contributed by atoms with Crippen LogP contribution in [0.1, 0.15) is 33.2 Å². The summed E-state index contributed by atoms with van der Waals surface area (Å²) >= 11 is 0. The first-order valence-corrected chi connectivity index (χ1v) is 6.63. The smallest absolute Gasteiger partial charge is 0.335 e. The molecule has 0 aliphatic heterocycles. The standard InChI is InChI=1S/C16H13NO6/c1-10(18)14-6-5-13(8-15(14)17(21)22)23-9-11-3-2-4-12(7-11)16(19)20/h2-8H,9H2,1H3,(H,19,20). The Kier molecular flexibility index (Phi) is 4.70. The molecule has 2 aromatic rings. The van der Waals surface area contributed by atoms with Crippen LogP contribution in [0.3, 0.4) is 0 Å². The molecule has 0 radical (unpaired) electrons. The van der Waals surface area contributed by atoms with E-state index in [1.165, 1.54) is 37.3 Å². The molecule has 0 saturated heterocycles. The van der Waals surface area contributed by atoms with Crippen molar-refractivity contribution >= 4 is 17.4 Å². The van der Waals surface area contributed by atoms with Crippen molar-refractivity contribution in [3.8, 4) is 5.75 Å². The zero-order valence-corrected chi connectivity index (χ0v) is 12.2. The third-order valence-corrected chi connectivity index (χ3v) is 3.12. The first-order chi connectivity index (χ1) is 10.9. The molecule has 0 spiro atoms. The van der Waals surface area contributed by atoms with Gasteiger partial charge in [-0.3, -0.25) is 14.9 Å². The molecule has 0 bridgehead atoms. The number of benzene rings is 2. The molecule has 0 aliphatic carbocycles. The van der Waals surface area contributed by atoms with Crippen LogP contribution in [-0.2, 0) is 6.61 Å². The number of nitro groups is 1. The molecule has 118 valence electrons. The minimum atomic E-state index is -1.05. The van der Waals surface area contributed by atoms with Gasteiger partial charge in [-0.2, -0.15) is 0 Å². The summed E-state index contributed by atoms with van der Waals surface area (Å²) in [7, 11) is 0. The van der Waals surface area contributed by atoms with Crippen LogP contribution in [0.2, 0.25) is 0 Å². The number of carboxylic acid groups (broad SMARTS) is 1. The number of carbonyl (C=O) groups excluding carboxylic acids is 1. The van der Waals surface area contributed by atoms with Gasteiger partial charge in [-0.1, -0.05) is 12.1 Å². The van der Waals surface area contributed by atoms with E-state index in [2.05, 4.69) is 0 Å². The monoisotopic (exact) mass is 315 g/mol. The highest BCUT2D eigenvalue weighted by atomic mass is 16.6. The van der Waals surface area contributed by atoms with E-state index < -0.39 is 16.7 Å². The second-order valence-electron chi connectivity index (χ2n) is 4.79. The van der Waals surface area contributed by atoms with E-state index >= 15 is 0 Å². The van der Waals surface area contributed by atoms with Crippen LogP contribution in [0.5, 0.6) is 5.75 Å². The maximum Gasteiger partial charge on any atom is 0.335 e. The van der Waals surface area contributed by atoms with Gasteiger partial charge in [0.15, 0.2) is 5.78 Å². The number of hydrogen-bond acceptors (Lipinski definition) is 5. The molecule has 0 fully saturated rings. The molecular formula is C16H13NO6. The lowest BCUT2D eigenvalue weighted by molar-refractivity contribution is -0.385. The van der Waals surface area contributed by atoms with Gasteiger partial charge in [0, 0.05) is 0 Å². The molecule has 23 heavy (non-hydrogen) atoms. The van der Waals surface area contributed by atoms with E-state index in [1.807, 2.05) is 0 Å². The van der Waals surface area contributed by atoms with E-state index in [0.29, 0.717) is 5.56 Å². The summed E-state index contributed by atoms with van der Waals surface area (Å²) in [5.74, 6) is -1.23. The largest absolute Gasteiger partial charge is 0.489 e. The van der Waals surface area contributed by atoms with Gasteiger partial charge >= 0.3 is 5.97 Å². The van der Waals surface area contributed by atoms with Crippen molar-refractivity contribution in [2.24, 2.45) is 0 Å². The van der Waals surface area contributed by atoms with Gasteiger partial charge in [0.2, 0.25) is 0 Å². The highest BCUT2D eigenvalue weighted by Gasteiger charge is 2.18. The van der Waals surface area contributed by atoms with Crippen molar-refractivity contribution in [3.05, 3.63) is 69.3 Å². The summed E-state index contributed by atoms with van der Waals surface area (Å²) in [5.41, 5.74) is 0.428. The Morgan fingerprint density at radius 3 is 2.57 bits per heavy atom. The molecule has 0 heterocycles. The first-order valence-electron chi connectivity index (χ1n) is 6.63. The Bertz CT molecular complexity index is 784. The highest BCUT2D eigenvalue weighted by molar-refractivity contribution is 5.98. The van der Waals surface area contributed by atoms with E-state index in [9.17, 15) is 19.7 Å². The lowest BCUT2D eigenvalue weighted by Crippen LogP contribution is -2.03. The zero-order chi connectivity index (χ0) is 17.0. The third kappa shape index (κ3) is 3.91. The van der Waals surface area contributed by atoms with Crippen molar-refractivity contribution in [1.29, 1.82) is 0 Å². The van der Waals surface area contributed by atoms with Crippen molar-refractivity contribution in [2.45, 2.75) is 13.5 Å². The Balaban J connectivity index is 2.19. The molecule has 1 N–H and O–H groups in total. The lowest BCUT2D eigenvalue weighted by Gasteiger charge is -2.08. The summed E-state index contributed by atoms with van der Waals surface area (Å²) in [5, 5.41) is 19.9. The number of rotatable bonds is 6. The number of hydrogen-bond donors (Lipinski definition) is 1. The Morgan fingerprint density at radius 1 is 1.22 bits per heavy atom. The minimum absolute atomic E-state index is 0.00947. The predicted octanol–water partition coefficient (Wildman–Crippen LogP) is 3.07. The van der Waals surface area contributed by atoms with Crippen molar-refractivity contribution in [2.75, 3.05) is 0 Å². The topological polar surface area (TPSA) is 107 Å². The van der Waals surface area contributed by atoms with Crippen LogP contribution in [0, 0.1) is 10.1 Å². The Morgan fingerprint density at radius 2 is 1.96 bits per heavy atom. The fourth-order valence-electron chi connectivity index (χ4n) is 2.01. The van der Waals surface area contributed by atoms with E-state index in [4.69, 9.17) is 9.84 Å². The highest BCUT2D eigenvalue weighted by Crippen LogP contribution is 2.25. The average Bonchev–Trinajstić information content (AvgIpc) is 2.52. The number of aromatic carboxylic acids is 1. The van der Waals surface area contributed by atoms with Gasteiger partial charge in [0.05, 0.1) is 22.1 Å². The summed E-state index contributed by atoms with van der Waals surface area (Å²) in [4.78, 5) is 32.6. The van der Waals surface area contributed by atoms with Gasteiger partial charge < -0.3 is 9.84 Å². The molecule has 7 heteroatoms. The minimum Gasteiger partial charge on any atom is -0.489 e. The number of nitrogens with zero attached hydrogens (tertiary/aromatic N) is 1. The molecule has 2 aromatic carbocycles. The van der Waals surface area contributed by atoms with Gasteiger partial charge in [-0.15, -0.1) is 0 Å². The van der Waals surface area contributed by atoms with Crippen molar-refractivity contribution < 1.29 is 24.4 Å². The van der Waals surface area contributed by atoms with E-state index in [-0.39, 0.29) is 29.2 Å². The molecule has 0 amide bonds. The number of Topliss-reactive ketones (excluding diaryl/α,β-unsaturated/α-hetero) is 1. The quantitative estimate of drug-likeness (QED) is 0.498. The first kappa shape index (κ1) is 16.2. The van der Waals surface area contributed by atoms with Gasteiger partial charge in [-0.05, 0) is 36.8 Å². The number of ether oxygens (including phenoxy) is 1. The van der Waals surface area contributed by atoms with Crippen LogP contribution < -0.4 is 4.74 Å². The van der Waals surface area contributed by atoms with E-state index in [1.54, 1.807) is 12.1 Å². The molecule has 0 saturated carbocycles. The molecular weight excluding hydrogens is 302 g/mol. The number of carbonyl (C=O) groups is 2. The van der Waals surface area contributed by atoms with E-state index in [0.717, 1.165) is 0 Å². The van der Waals surface area contributed by atoms with Crippen LogP contribution >= 0.6 is 0 Å². The second kappa shape index (κ2) is 6.69. The fourth-order valence-corrected chi connectivity index (χ4v) is 2.01. The summed E-state index contributed by atoms with van der Waals surface area (Å²) in [6.45, 7) is 1.30. The molecule has 0 atom stereocenters. The molecule has 0 aromatic heterocycles. The lowest BCUT2D eigenvalue weighted by atomic mass is 10.1.